The van der Waals surface area contributed by atoms with Crippen LogP contribution in [0.2, 0.25) is 5.02 Å². The molecule has 0 aromatic heterocycles. The Kier molecular flexibility index (Phi) is 4.68. The number of benzene rings is 1. The largest absolute Gasteiger partial charge is 0.305 e. The quantitative estimate of drug-likeness (QED) is 0.641. The Hall–Kier alpha value is -0.290. The van der Waals surface area contributed by atoms with Gasteiger partial charge in [-0.1, -0.05) is 11.6 Å². The highest BCUT2D eigenvalue weighted by Crippen LogP contribution is 2.29. The first-order valence-corrected chi connectivity index (χ1v) is 5.57. The average molecular weight is 236 g/mol. The minimum Gasteiger partial charge on any atom is -0.305 e. The molecule has 0 bridgehead atoms. The van der Waals surface area contributed by atoms with Crippen LogP contribution in [0.4, 0.5) is 4.39 Å². The zero-order valence-corrected chi connectivity index (χ0v) is 9.51. The highest BCUT2D eigenvalue weighted by atomic mass is 35.5. The lowest BCUT2D eigenvalue weighted by atomic mass is 10.2. The Morgan fingerprint density at radius 2 is 2.29 bits per heavy atom. The molecule has 78 valence electrons. The van der Waals surface area contributed by atoms with Crippen LogP contribution in [0.3, 0.4) is 0 Å². The lowest BCUT2D eigenvalue weighted by Crippen LogP contribution is -2.11. The van der Waals surface area contributed by atoms with E-state index in [4.69, 9.17) is 11.6 Å². The second kappa shape index (κ2) is 5.56. The molecule has 0 radical (unpaired) electrons. The molecule has 14 heavy (non-hydrogen) atoms. The lowest BCUT2D eigenvalue weighted by Gasteiger charge is -2.07. The van der Waals surface area contributed by atoms with E-state index >= 15 is 0 Å². The second-order valence-corrected chi connectivity index (χ2v) is 3.84. The average Bonchev–Trinajstić information content (AvgIpc) is 2.14. The van der Waals surface area contributed by atoms with Gasteiger partial charge in [-0.15, -0.1) is 11.8 Å². The molecule has 1 rings (SSSR count). The van der Waals surface area contributed by atoms with Crippen molar-refractivity contribution in [1.29, 1.82) is 0 Å². The van der Waals surface area contributed by atoms with E-state index in [2.05, 4.69) is 10.3 Å². The standard InChI is InChI=1S/C9H11ClFNOS/c1-13-12-5-6-3-7(10)9(14-2)8(11)4-6/h3-4,12H,5H2,1-2H3. The molecule has 0 unspecified atom stereocenters. The van der Waals surface area contributed by atoms with Crippen molar-refractivity contribution in [2.24, 2.45) is 0 Å². The van der Waals surface area contributed by atoms with Crippen LogP contribution in [0.15, 0.2) is 17.0 Å². The van der Waals surface area contributed by atoms with Crippen molar-refractivity contribution in [2.75, 3.05) is 13.4 Å². The molecule has 0 fully saturated rings. The summed E-state index contributed by atoms with van der Waals surface area (Å²) in [6.07, 6.45) is 1.79. The summed E-state index contributed by atoms with van der Waals surface area (Å²) < 4.78 is 13.4. The molecule has 0 amide bonds. The second-order valence-electron chi connectivity index (χ2n) is 2.62. The summed E-state index contributed by atoms with van der Waals surface area (Å²) in [6, 6.07) is 3.17. The smallest absolute Gasteiger partial charge is 0.138 e. The minimum absolute atomic E-state index is 0.294. The van der Waals surface area contributed by atoms with Gasteiger partial charge in [-0.25, -0.2) is 4.39 Å². The number of nitrogens with one attached hydrogen (secondary N) is 1. The third kappa shape index (κ3) is 2.85. The molecule has 0 aliphatic heterocycles. The van der Waals surface area contributed by atoms with E-state index in [1.807, 2.05) is 0 Å². The zero-order valence-electron chi connectivity index (χ0n) is 7.93. The third-order valence-corrected chi connectivity index (χ3v) is 2.92. The van der Waals surface area contributed by atoms with Crippen LogP contribution in [-0.4, -0.2) is 13.4 Å². The number of hydroxylamine groups is 1. The van der Waals surface area contributed by atoms with E-state index in [0.29, 0.717) is 16.5 Å². The summed E-state index contributed by atoms with van der Waals surface area (Å²) in [5.41, 5.74) is 3.38. The minimum atomic E-state index is -0.294. The van der Waals surface area contributed by atoms with Gasteiger partial charge in [-0.05, 0) is 24.0 Å². The molecule has 0 aliphatic carbocycles. The van der Waals surface area contributed by atoms with Gasteiger partial charge < -0.3 is 4.84 Å². The summed E-state index contributed by atoms with van der Waals surface area (Å²) in [5, 5.41) is 0.436. The number of hydrogen-bond donors (Lipinski definition) is 1. The summed E-state index contributed by atoms with van der Waals surface area (Å²) >= 11 is 7.18. The van der Waals surface area contributed by atoms with Crippen LogP contribution < -0.4 is 5.48 Å². The normalized spacial score (nSPS) is 10.6. The summed E-state index contributed by atoms with van der Waals surface area (Å²) in [4.78, 5) is 5.14. The van der Waals surface area contributed by atoms with E-state index in [-0.39, 0.29) is 5.82 Å². The van der Waals surface area contributed by atoms with Crippen molar-refractivity contribution < 1.29 is 9.23 Å². The first-order chi connectivity index (χ1) is 6.69. The highest BCUT2D eigenvalue weighted by molar-refractivity contribution is 7.98. The molecule has 2 nitrogen and oxygen atoms in total. The maximum Gasteiger partial charge on any atom is 0.138 e. The Morgan fingerprint density at radius 3 is 2.79 bits per heavy atom. The maximum absolute atomic E-state index is 13.4. The van der Waals surface area contributed by atoms with Gasteiger partial charge >= 0.3 is 0 Å². The molecule has 0 heterocycles. The number of hydrogen-bond acceptors (Lipinski definition) is 3. The van der Waals surface area contributed by atoms with Crippen LogP contribution in [-0.2, 0) is 11.4 Å². The van der Waals surface area contributed by atoms with Crippen molar-refractivity contribution in [3.63, 3.8) is 0 Å². The van der Waals surface area contributed by atoms with E-state index in [9.17, 15) is 4.39 Å². The first kappa shape index (κ1) is 11.8. The van der Waals surface area contributed by atoms with Crippen molar-refractivity contribution in [2.45, 2.75) is 11.4 Å². The zero-order chi connectivity index (χ0) is 10.6. The van der Waals surface area contributed by atoms with Crippen LogP contribution >= 0.6 is 23.4 Å². The molecule has 1 aromatic rings. The fourth-order valence-electron chi connectivity index (χ4n) is 1.06. The number of thioether (sulfide) groups is 1. The van der Waals surface area contributed by atoms with E-state index < -0.39 is 0 Å². The Labute approximate surface area is 91.7 Å². The summed E-state index contributed by atoms with van der Waals surface area (Å²) in [7, 11) is 1.51. The fourth-order valence-corrected chi connectivity index (χ4v) is 2.03. The number of rotatable bonds is 4. The Morgan fingerprint density at radius 1 is 1.57 bits per heavy atom. The molecule has 1 N–H and O–H groups in total. The first-order valence-electron chi connectivity index (χ1n) is 3.96. The molecule has 0 aliphatic rings. The molecule has 0 atom stereocenters. The predicted molar refractivity (Wildman–Crippen MR) is 57.0 cm³/mol. The van der Waals surface area contributed by atoms with Gasteiger partial charge in [-0.3, -0.25) is 0 Å². The highest BCUT2D eigenvalue weighted by Gasteiger charge is 2.08. The monoisotopic (exact) mass is 235 g/mol. The third-order valence-electron chi connectivity index (χ3n) is 1.68. The number of halogens is 2. The van der Waals surface area contributed by atoms with Crippen LogP contribution in [0.5, 0.6) is 0 Å². The maximum atomic E-state index is 13.4. The summed E-state index contributed by atoms with van der Waals surface area (Å²) in [5.74, 6) is -0.294. The predicted octanol–water partition coefficient (Wildman–Crippen LogP) is 2.85. The van der Waals surface area contributed by atoms with E-state index in [1.54, 1.807) is 12.3 Å². The van der Waals surface area contributed by atoms with Crippen LogP contribution in [0, 0.1) is 5.82 Å². The van der Waals surface area contributed by atoms with Gasteiger partial charge in [0.2, 0.25) is 0 Å². The molecule has 0 spiro atoms. The Balaban J connectivity index is 2.90. The van der Waals surface area contributed by atoms with Gasteiger partial charge in [0.05, 0.1) is 17.0 Å². The summed E-state index contributed by atoms with van der Waals surface area (Å²) in [6.45, 7) is 0.432. The van der Waals surface area contributed by atoms with Gasteiger partial charge in [0.1, 0.15) is 5.82 Å². The van der Waals surface area contributed by atoms with Crippen molar-refractivity contribution in [1.82, 2.24) is 5.48 Å². The molecular weight excluding hydrogens is 225 g/mol. The fraction of sp³-hybridized carbons (Fsp3) is 0.333. The van der Waals surface area contributed by atoms with Gasteiger partial charge in [0.15, 0.2) is 0 Å². The van der Waals surface area contributed by atoms with Crippen molar-refractivity contribution >= 4 is 23.4 Å². The molecule has 0 saturated heterocycles. The molecular formula is C9H11ClFNOS. The van der Waals surface area contributed by atoms with Gasteiger partial charge in [0.25, 0.3) is 0 Å². The Bertz CT molecular complexity index is 299. The van der Waals surface area contributed by atoms with E-state index in [0.717, 1.165) is 5.56 Å². The SMILES string of the molecule is CONCc1cc(F)c(SC)c(Cl)c1. The van der Waals surface area contributed by atoms with Crippen LogP contribution in [0.1, 0.15) is 5.56 Å². The van der Waals surface area contributed by atoms with E-state index in [1.165, 1.54) is 24.9 Å². The van der Waals surface area contributed by atoms with Crippen molar-refractivity contribution in [3.8, 4) is 0 Å². The molecule has 5 heteroatoms. The van der Waals surface area contributed by atoms with Gasteiger partial charge in [-0.2, -0.15) is 5.48 Å². The topological polar surface area (TPSA) is 21.3 Å². The van der Waals surface area contributed by atoms with Gasteiger partial charge in [0, 0.05) is 6.54 Å². The van der Waals surface area contributed by atoms with Crippen molar-refractivity contribution in [3.05, 3.63) is 28.5 Å². The lowest BCUT2D eigenvalue weighted by molar-refractivity contribution is 0.0866. The molecule has 1 aromatic carbocycles. The van der Waals surface area contributed by atoms with Crippen LogP contribution in [0.25, 0.3) is 0 Å². The molecule has 0 saturated carbocycles.